The van der Waals surface area contributed by atoms with Gasteiger partial charge in [0.2, 0.25) is 0 Å². The summed E-state index contributed by atoms with van der Waals surface area (Å²) in [5.41, 5.74) is 1.00. The Morgan fingerprint density at radius 1 is 1.80 bits per heavy atom. The minimum atomic E-state index is 1.00. The molecule has 28 valence electrons. The first-order valence-electron chi connectivity index (χ1n) is 1.60. The molecule has 0 aromatic rings. The SMILES string of the molecule is B=C(C)NC. The van der Waals surface area contributed by atoms with Gasteiger partial charge in [-0.1, -0.05) is 0 Å². The maximum absolute atomic E-state index is 3.56. The van der Waals surface area contributed by atoms with Crippen LogP contribution in [0.4, 0.5) is 0 Å². The van der Waals surface area contributed by atoms with E-state index in [0.717, 1.165) is 5.59 Å². The van der Waals surface area contributed by atoms with Crippen molar-refractivity contribution in [2.24, 2.45) is 0 Å². The Balaban J connectivity index is 2.85. The molecule has 1 N–H and O–H groups in total. The van der Waals surface area contributed by atoms with Crippen LogP contribution in [0.2, 0.25) is 0 Å². The van der Waals surface area contributed by atoms with Gasteiger partial charge in [0.1, 0.15) is 0 Å². The van der Waals surface area contributed by atoms with Crippen molar-refractivity contribution < 1.29 is 0 Å². The predicted octanol–water partition coefficient (Wildman–Crippen LogP) is -0.744. The molecule has 0 unspecified atom stereocenters. The van der Waals surface area contributed by atoms with Crippen molar-refractivity contribution in [3.63, 3.8) is 0 Å². The van der Waals surface area contributed by atoms with Crippen LogP contribution in [0.5, 0.6) is 0 Å². The Hall–Kier alpha value is -0.265. The average molecular weight is 68.9 g/mol. The second-order valence-electron chi connectivity index (χ2n) is 1.03. The molecule has 1 nitrogen and oxygen atoms in total. The molecular weight excluding hydrogens is 60.9 g/mol. The van der Waals surface area contributed by atoms with Crippen molar-refractivity contribution in [3.8, 4) is 0 Å². The van der Waals surface area contributed by atoms with Crippen molar-refractivity contribution in [3.05, 3.63) is 0 Å². The van der Waals surface area contributed by atoms with Gasteiger partial charge in [-0.3, -0.25) is 0 Å². The molecule has 0 heterocycles. The second kappa shape index (κ2) is 2.00. The van der Waals surface area contributed by atoms with Crippen LogP contribution < -0.4 is 5.32 Å². The third-order valence-corrected chi connectivity index (χ3v) is 0.427. The predicted molar refractivity (Wildman–Crippen MR) is 26.9 cm³/mol. The van der Waals surface area contributed by atoms with Gasteiger partial charge < -0.3 is 0 Å². The summed E-state index contributed by atoms with van der Waals surface area (Å²) in [5, 5.41) is 2.83. The van der Waals surface area contributed by atoms with Gasteiger partial charge in [-0.15, -0.1) is 0 Å². The van der Waals surface area contributed by atoms with Crippen LogP contribution in [0.3, 0.4) is 0 Å². The quantitative estimate of drug-likeness (QED) is 0.399. The Morgan fingerprint density at radius 3 is 2.00 bits per heavy atom. The van der Waals surface area contributed by atoms with Crippen LogP contribution in [0, 0.1) is 0 Å². The van der Waals surface area contributed by atoms with E-state index in [-0.39, 0.29) is 0 Å². The fourth-order valence-corrected chi connectivity index (χ4v) is 0. The molecule has 0 aliphatic rings. The molecule has 0 radical (unpaired) electrons. The fourth-order valence-electron chi connectivity index (χ4n) is 0. The Bertz CT molecular complexity index is 42.2. The topological polar surface area (TPSA) is 12.0 Å². The zero-order valence-electron chi connectivity index (χ0n) is 3.71. The first-order chi connectivity index (χ1) is 2.27. The Morgan fingerprint density at radius 2 is 2.00 bits per heavy atom. The summed E-state index contributed by atoms with van der Waals surface area (Å²) < 4.78 is 0. The average Bonchev–Trinajstić information content (AvgIpc) is 1.38. The molecule has 0 atom stereocenters. The van der Waals surface area contributed by atoms with Gasteiger partial charge >= 0.3 is 32.4 Å². The monoisotopic (exact) mass is 69.1 g/mol. The van der Waals surface area contributed by atoms with Crippen molar-refractivity contribution in [1.82, 2.24) is 5.32 Å². The standard InChI is InChI=1S/C3H8BN/c1-3(4)5-2/h4-5H,1-2H3. The van der Waals surface area contributed by atoms with Crippen molar-refractivity contribution >= 4 is 13.1 Å². The molecule has 5 heavy (non-hydrogen) atoms. The summed E-state index contributed by atoms with van der Waals surface area (Å²) >= 11 is 0. The van der Waals surface area contributed by atoms with Crippen LogP contribution in [0.1, 0.15) is 6.92 Å². The van der Waals surface area contributed by atoms with Gasteiger partial charge in [0.15, 0.2) is 0 Å². The Kier molecular flexibility index (Phi) is 1.90. The Labute approximate surface area is 33.5 Å². The summed E-state index contributed by atoms with van der Waals surface area (Å²) in [6, 6.07) is 0. The van der Waals surface area contributed by atoms with Crippen LogP contribution in [0.25, 0.3) is 0 Å². The molecule has 0 rings (SSSR count). The van der Waals surface area contributed by atoms with E-state index in [2.05, 4.69) is 12.8 Å². The fraction of sp³-hybridized carbons (Fsp3) is 0.667. The van der Waals surface area contributed by atoms with E-state index in [9.17, 15) is 0 Å². The molecule has 0 aliphatic heterocycles. The molecule has 0 spiro atoms. The van der Waals surface area contributed by atoms with E-state index in [0.29, 0.717) is 0 Å². The summed E-state index contributed by atoms with van der Waals surface area (Å²) in [6.07, 6.45) is 0. The third kappa shape index (κ3) is 3.73. The number of hydrogen-bond donors (Lipinski definition) is 1. The van der Waals surface area contributed by atoms with Gasteiger partial charge in [0, 0.05) is 0 Å². The zero-order chi connectivity index (χ0) is 4.28. The number of rotatable bonds is 1. The van der Waals surface area contributed by atoms with Crippen LogP contribution in [0.15, 0.2) is 0 Å². The van der Waals surface area contributed by atoms with E-state index < -0.39 is 0 Å². The van der Waals surface area contributed by atoms with Crippen molar-refractivity contribution in [1.29, 1.82) is 0 Å². The van der Waals surface area contributed by atoms with Crippen molar-refractivity contribution in [2.75, 3.05) is 7.05 Å². The van der Waals surface area contributed by atoms with E-state index in [1.165, 1.54) is 0 Å². The summed E-state index contributed by atoms with van der Waals surface area (Å²) in [7, 11) is 5.41. The third-order valence-electron chi connectivity index (χ3n) is 0.427. The second-order valence-corrected chi connectivity index (χ2v) is 1.03. The zero-order valence-corrected chi connectivity index (χ0v) is 3.71. The molecule has 0 aliphatic carbocycles. The van der Waals surface area contributed by atoms with Crippen LogP contribution >= 0.6 is 0 Å². The first-order valence-corrected chi connectivity index (χ1v) is 1.60. The minimum absolute atomic E-state index is 1.00. The molecule has 0 aromatic carbocycles. The van der Waals surface area contributed by atoms with E-state index in [4.69, 9.17) is 0 Å². The summed E-state index contributed by atoms with van der Waals surface area (Å²) in [5.74, 6) is 0. The summed E-state index contributed by atoms with van der Waals surface area (Å²) in [6.45, 7) is 1.92. The number of hydrogen-bond acceptors (Lipinski definition) is 1. The van der Waals surface area contributed by atoms with Gasteiger partial charge in [-0.05, 0) is 0 Å². The molecule has 0 amide bonds. The van der Waals surface area contributed by atoms with Crippen molar-refractivity contribution in [2.45, 2.75) is 6.92 Å². The first kappa shape index (κ1) is 4.73. The van der Waals surface area contributed by atoms with Crippen LogP contribution in [-0.2, 0) is 0 Å². The van der Waals surface area contributed by atoms with Gasteiger partial charge in [-0.25, -0.2) is 0 Å². The molecule has 0 saturated carbocycles. The van der Waals surface area contributed by atoms with Gasteiger partial charge in [0.05, 0.1) is 0 Å². The molecular formula is C3H8BN. The van der Waals surface area contributed by atoms with E-state index in [1.807, 2.05) is 14.0 Å². The van der Waals surface area contributed by atoms with Gasteiger partial charge in [0.25, 0.3) is 0 Å². The van der Waals surface area contributed by atoms with Gasteiger partial charge in [-0.2, -0.15) is 0 Å². The van der Waals surface area contributed by atoms with E-state index in [1.54, 1.807) is 0 Å². The normalized spacial score (nSPS) is 6.60. The maximum atomic E-state index is 3.56. The molecule has 0 bridgehead atoms. The number of nitrogens with one attached hydrogen (secondary N) is 1. The van der Waals surface area contributed by atoms with E-state index >= 15 is 0 Å². The van der Waals surface area contributed by atoms with Crippen LogP contribution in [-0.4, -0.2) is 20.1 Å². The molecule has 0 fully saturated rings. The molecule has 0 aromatic heterocycles. The molecule has 2 heteroatoms. The molecule has 0 saturated heterocycles. The summed E-state index contributed by atoms with van der Waals surface area (Å²) in [4.78, 5) is 0.